The molecule has 2 aliphatic rings. The number of piperidine rings is 1. The molecule has 126 valence electrons. The van der Waals surface area contributed by atoms with Crippen molar-refractivity contribution in [3.8, 4) is 0 Å². The van der Waals surface area contributed by atoms with Crippen molar-refractivity contribution in [1.82, 2.24) is 9.80 Å². The van der Waals surface area contributed by atoms with Crippen LogP contribution in [-0.4, -0.2) is 61.5 Å². The van der Waals surface area contributed by atoms with Gasteiger partial charge in [-0.15, -0.1) is 0 Å². The summed E-state index contributed by atoms with van der Waals surface area (Å²) < 4.78 is 0. The van der Waals surface area contributed by atoms with Crippen molar-refractivity contribution in [3.05, 3.63) is 29.8 Å². The highest BCUT2D eigenvalue weighted by molar-refractivity contribution is 5.77. The average Bonchev–Trinajstić information content (AvgIpc) is 2.57. The van der Waals surface area contributed by atoms with Gasteiger partial charge in [-0.3, -0.25) is 4.79 Å². The lowest BCUT2D eigenvalue weighted by Crippen LogP contribution is -2.50. The van der Waals surface area contributed by atoms with Gasteiger partial charge in [0, 0.05) is 44.3 Å². The Morgan fingerprint density at radius 3 is 2.61 bits per heavy atom. The molecule has 0 aromatic heterocycles. The second kappa shape index (κ2) is 7.35. The smallest absolute Gasteiger partial charge is 0.224 e. The Morgan fingerprint density at radius 1 is 1.13 bits per heavy atom. The number of aryl methyl sites for hydroxylation is 1. The van der Waals surface area contributed by atoms with Gasteiger partial charge in [-0.2, -0.15) is 0 Å². The summed E-state index contributed by atoms with van der Waals surface area (Å²) in [7, 11) is 2.16. The van der Waals surface area contributed by atoms with Gasteiger partial charge in [0.2, 0.25) is 5.91 Å². The van der Waals surface area contributed by atoms with Crippen molar-refractivity contribution in [1.29, 1.82) is 0 Å². The summed E-state index contributed by atoms with van der Waals surface area (Å²) in [4.78, 5) is 19.4. The van der Waals surface area contributed by atoms with Crippen LogP contribution in [0.25, 0.3) is 0 Å². The van der Waals surface area contributed by atoms with Gasteiger partial charge in [-0.25, -0.2) is 0 Å². The van der Waals surface area contributed by atoms with Crippen LogP contribution in [-0.2, 0) is 4.79 Å². The van der Waals surface area contributed by atoms with Crippen molar-refractivity contribution >= 4 is 11.6 Å². The molecule has 2 saturated heterocycles. The summed E-state index contributed by atoms with van der Waals surface area (Å²) in [5.74, 6) is 0.340. The van der Waals surface area contributed by atoms with E-state index in [2.05, 4.69) is 52.9 Å². The fourth-order valence-corrected chi connectivity index (χ4v) is 3.77. The molecule has 1 unspecified atom stereocenters. The molecule has 4 nitrogen and oxygen atoms in total. The lowest BCUT2D eigenvalue weighted by molar-refractivity contribution is -0.133. The third-order valence-electron chi connectivity index (χ3n) is 5.33. The van der Waals surface area contributed by atoms with E-state index >= 15 is 0 Å². The van der Waals surface area contributed by atoms with E-state index in [0.717, 1.165) is 32.7 Å². The zero-order valence-electron chi connectivity index (χ0n) is 14.5. The second-order valence-corrected chi connectivity index (χ2v) is 7.04. The molecule has 0 bridgehead atoms. The number of piperazine rings is 1. The van der Waals surface area contributed by atoms with E-state index in [1.165, 1.54) is 30.5 Å². The number of likely N-dealkylation sites (tertiary alicyclic amines) is 1. The van der Waals surface area contributed by atoms with Crippen molar-refractivity contribution in [3.63, 3.8) is 0 Å². The number of carbonyl (C=O) groups is 1. The van der Waals surface area contributed by atoms with Crippen LogP contribution < -0.4 is 4.90 Å². The van der Waals surface area contributed by atoms with Gasteiger partial charge in [-0.1, -0.05) is 18.6 Å². The normalized spacial score (nSPS) is 23.1. The van der Waals surface area contributed by atoms with Crippen molar-refractivity contribution in [2.75, 3.05) is 44.7 Å². The summed E-state index contributed by atoms with van der Waals surface area (Å²) in [6.45, 7) is 6.85. The first kappa shape index (κ1) is 16.3. The van der Waals surface area contributed by atoms with E-state index in [0.29, 0.717) is 18.4 Å². The number of hydrogen-bond acceptors (Lipinski definition) is 3. The average molecular weight is 315 g/mol. The van der Waals surface area contributed by atoms with E-state index in [1.54, 1.807) is 0 Å². The van der Waals surface area contributed by atoms with Gasteiger partial charge in [0.1, 0.15) is 0 Å². The SMILES string of the molecule is Cc1cccc(N2CCN(C(=O)CC3CCCCN3C)CC2)c1. The molecule has 0 radical (unpaired) electrons. The zero-order chi connectivity index (χ0) is 16.2. The van der Waals surface area contributed by atoms with Crippen molar-refractivity contribution in [2.45, 2.75) is 38.6 Å². The van der Waals surface area contributed by atoms with Crippen LogP contribution in [0.15, 0.2) is 24.3 Å². The van der Waals surface area contributed by atoms with Crippen LogP contribution in [0.1, 0.15) is 31.2 Å². The first-order valence-corrected chi connectivity index (χ1v) is 8.93. The van der Waals surface area contributed by atoms with Crippen LogP contribution in [0.3, 0.4) is 0 Å². The quantitative estimate of drug-likeness (QED) is 0.857. The van der Waals surface area contributed by atoms with Gasteiger partial charge in [0.05, 0.1) is 0 Å². The fourth-order valence-electron chi connectivity index (χ4n) is 3.77. The van der Waals surface area contributed by atoms with Crippen molar-refractivity contribution in [2.24, 2.45) is 0 Å². The number of nitrogens with zero attached hydrogens (tertiary/aromatic N) is 3. The Balaban J connectivity index is 1.51. The standard InChI is InChI=1S/C19H29N3O/c1-16-6-5-8-18(14-16)21-10-12-22(13-11-21)19(23)15-17-7-3-4-9-20(17)2/h5-6,8,14,17H,3-4,7,9-13,15H2,1-2H3. The minimum atomic E-state index is 0.340. The monoisotopic (exact) mass is 315 g/mol. The first-order valence-electron chi connectivity index (χ1n) is 8.93. The molecule has 0 spiro atoms. The number of benzene rings is 1. The Bertz CT molecular complexity index is 537. The predicted molar refractivity (Wildman–Crippen MR) is 94.9 cm³/mol. The summed E-state index contributed by atoms with van der Waals surface area (Å²) in [6.07, 6.45) is 4.41. The Morgan fingerprint density at radius 2 is 1.91 bits per heavy atom. The molecule has 1 aromatic carbocycles. The molecule has 2 fully saturated rings. The summed E-state index contributed by atoms with van der Waals surface area (Å²) in [6, 6.07) is 9.09. The highest BCUT2D eigenvalue weighted by Gasteiger charge is 2.26. The van der Waals surface area contributed by atoms with Gasteiger partial charge < -0.3 is 14.7 Å². The Hall–Kier alpha value is -1.55. The van der Waals surface area contributed by atoms with E-state index in [1.807, 2.05) is 0 Å². The molecule has 0 saturated carbocycles. The topological polar surface area (TPSA) is 26.8 Å². The van der Waals surface area contributed by atoms with E-state index in [-0.39, 0.29) is 0 Å². The third-order valence-corrected chi connectivity index (χ3v) is 5.33. The maximum atomic E-state index is 12.6. The second-order valence-electron chi connectivity index (χ2n) is 7.04. The molecule has 1 aromatic rings. The molecule has 1 atom stereocenters. The number of hydrogen-bond donors (Lipinski definition) is 0. The van der Waals surface area contributed by atoms with Gasteiger partial charge in [0.15, 0.2) is 0 Å². The molecule has 3 rings (SSSR count). The van der Waals surface area contributed by atoms with Gasteiger partial charge >= 0.3 is 0 Å². The molecule has 2 heterocycles. The molecule has 0 N–H and O–H groups in total. The molecule has 0 aliphatic carbocycles. The van der Waals surface area contributed by atoms with Crippen LogP contribution >= 0.6 is 0 Å². The number of rotatable bonds is 3. The number of carbonyl (C=O) groups excluding carboxylic acids is 1. The maximum Gasteiger partial charge on any atom is 0.224 e. The van der Waals surface area contributed by atoms with Gasteiger partial charge in [0.25, 0.3) is 0 Å². The lowest BCUT2D eigenvalue weighted by atomic mass is 9.99. The largest absolute Gasteiger partial charge is 0.368 e. The number of anilines is 1. The van der Waals surface area contributed by atoms with E-state index in [4.69, 9.17) is 0 Å². The van der Waals surface area contributed by atoms with E-state index < -0.39 is 0 Å². The molecule has 1 amide bonds. The molecule has 4 heteroatoms. The molecular weight excluding hydrogens is 286 g/mol. The van der Waals surface area contributed by atoms with E-state index in [9.17, 15) is 4.79 Å². The molecular formula is C19H29N3O. The van der Waals surface area contributed by atoms with Crippen molar-refractivity contribution < 1.29 is 4.79 Å². The first-order chi connectivity index (χ1) is 11.1. The minimum absolute atomic E-state index is 0.340. The van der Waals surface area contributed by atoms with Crippen LogP contribution in [0.4, 0.5) is 5.69 Å². The molecule has 23 heavy (non-hydrogen) atoms. The minimum Gasteiger partial charge on any atom is -0.368 e. The highest BCUT2D eigenvalue weighted by atomic mass is 16.2. The van der Waals surface area contributed by atoms with Crippen LogP contribution in [0, 0.1) is 6.92 Å². The lowest BCUT2D eigenvalue weighted by Gasteiger charge is -2.38. The third kappa shape index (κ3) is 4.05. The summed E-state index contributed by atoms with van der Waals surface area (Å²) >= 11 is 0. The maximum absolute atomic E-state index is 12.6. The van der Waals surface area contributed by atoms with Crippen LogP contribution in [0.5, 0.6) is 0 Å². The Kier molecular flexibility index (Phi) is 5.21. The fraction of sp³-hybridized carbons (Fsp3) is 0.632. The summed E-state index contributed by atoms with van der Waals surface area (Å²) in [5.41, 5.74) is 2.57. The predicted octanol–water partition coefficient (Wildman–Crippen LogP) is 2.52. The van der Waals surface area contributed by atoms with Gasteiger partial charge in [-0.05, 0) is 51.1 Å². The summed E-state index contributed by atoms with van der Waals surface area (Å²) in [5, 5.41) is 0. The number of amides is 1. The highest BCUT2D eigenvalue weighted by Crippen LogP contribution is 2.21. The Labute approximate surface area is 140 Å². The molecule has 2 aliphatic heterocycles. The zero-order valence-corrected chi connectivity index (χ0v) is 14.5. The van der Waals surface area contributed by atoms with Crippen LogP contribution in [0.2, 0.25) is 0 Å².